The van der Waals surface area contributed by atoms with Crippen molar-refractivity contribution in [2.45, 2.75) is 39.4 Å². The molecule has 2 aliphatic heterocycles. The van der Waals surface area contributed by atoms with E-state index in [1.807, 2.05) is 22.9 Å². The number of hydrogen-bond acceptors (Lipinski definition) is 7. The van der Waals surface area contributed by atoms with Gasteiger partial charge in [0.15, 0.2) is 17.5 Å². The zero-order chi connectivity index (χ0) is 22.8. The molecule has 5 rings (SSSR count). The molecule has 174 valence electrons. The second-order valence-corrected chi connectivity index (χ2v) is 8.88. The van der Waals surface area contributed by atoms with Crippen molar-refractivity contribution in [3.8, 4) is 5.82 Å². The zero-order valence-electron chi connectivity index (χ0n) is 19.4. The highest BCUT2D eigenvalue weighted by Crippen LogP contribution is 2.29. The minimum Gasteiger partial charge on any atom is -0.353 e. The maximum atomic E-state index is 13.6. The van der Waals surface area contributed by atoms with Crippen LogP contribution in [0, 0.1) is 13.8 Å². The summed E-state index contributed by atoms with van der Waals surface area (Å²) in [5.74, 6) is 2.66. The summed E-state index contributed by atoms with van der Waals surface area (Å²) >= 11 is 0. The largest absolute Gasteiger partial charge is 0.353 e. The summed E-state index contributed by atoms with van der Waals surface area (Å²) in [4.78, 5) is 20.7. The van der Waals surface area contributed by atoms with Crippen molar-refractivity contribution in [3.05, 3.63) is 53.7 Å². The van der Waals surface area contributed by atoms with E-state index in [9.17, 15) is 4.39 Å². The lowest BCUT2D eigenvalue weighted by molar-refractivity contribution is 0.248. The first kappa shape index (κ1) is 21.8. The Hall–Kier alpha value is -3.07. The molecule has 2 saturated heterocycles. The zero-order valence-corrected chi connectivity index (χ0v) is 19.4. The predicted octanol–water partition coefficient (Wildman–Crippen LogP) is 2.93. The first-order chi connectivity index (χ1) is 16.1. The molecule has 3 aromatic heterocycles. The van der Waals surface area contributed by atoms with Gasteiger partial charge >= 0.3 is 0 Å². The van der Waals surface area contributed by atoms with Crippen molar-refractivity contribution >= 4 is 11.6 Å². The number of anilines is 2. The Kier molecular flexibility index (Phi) is 6.22. The van der Waals surface area contributed by atoms with Crippen molar-refractivity contribution < 1.29 is 4.39 Å². The Morgan fingerprint density at radius 1 is 0.848 bits per heavy atom. The van der Waals surface area contributed by atoms with Gasteiger partial charge in [0.05, 0.1) is 5.69 Å². The lowest BCUT2D eigenvalue weighted by Crippen LogP contribution is -2.47. The highest BCUT2D eigenvalue weighted by Gasteiger charge is 2.27. The summed E-state index contributed by atoms with van der Waals surface area (Å²) in [5, 5.41) is 4.74. The van der Waals surface area contributed by atoms with Crippen LogP contribution >= 0.6 is 0 Å². The number of hydrogen-bond donors (Lipinski definition) is 0. The molecule has 33 heavy (non-hydrogen) atoms. The van der Waals surface area contributed by atoms with Crippen LogP contribution in [-0.2, 0) is 6.54 Å². The van der Waals surface area contributed by atoms with Gasteiger partial charge in [0.2, 0.25) is 0 Å². The molecule has 0 atom stereocenters. The SMILES string of the molecule is Cc1nn(-c2ccccn2)c(C)c1CN1CCN(c2nccnc2N2CCC(F)CC2)CC1. The molecule has 0 saturated carbocycles. The van der Waals surface area contributed by atoms with Crippen molar-refractivity contribution in [1.29, 1.82) is 0 Å². The number of piperidine rings is 1. The average Bonchev–Trinajstić information content (AvgIpc) is 3.14. The average molecular weight is 451 g/mol. The Morgan fingerprint density at radius 2 is 1.52 bits per heavy atom. The van der Waals surface area contributed by atoms with Gasteiger partial charge in [-0.3, -0.25) is 4.90 Å². The second-order valence-electron chi connectivity index (χ2n) is 8.88. The summed E-state index contributed by atoms with van der Waals surface area (Å²) in [6, 6.07) is 5.88. The quantitative estimate of drug-likeness (QED) is 0.592. The van der Waals surface area contributed by atoms with Gasteiger partial charge in [0.25, 0.3) is 0 Å². The Morgan fingerprint density at radius 3 is 2.15 bits per heavy atom. The van der Waals surface area contributed by atoms with E-state index in [0.717, 1.165) is 61.6 Å². The molecule has 0 aromatic carbocycles. The van der Waals surface area contributed by atoms with Gasteiger partial charge in [-0.05, 0) is 38.8 Å². The highest BCUT2D eigenvalue weighted by atomic mass is 19.1. The monoisotopic (exact) mass is 450 g/mol. The topological polar surface area (TPSA) is 66.2 Å². The summed E-state index contributed by atoms with van der Waals surface area (Å²) in [7, 11) is 0. The fourth-order valence-electron chi connectivity index (χ4n) is 4.78. The van der Waals surface area contributed by atoms with Crippen LogP contribution in [0.25, 0.3) is 5.82 Å². The van der Waals surface area contributed by atoms with Crippen LogP contribution < -0.4 is 9.80 Å². The van der Waals surface area contributed by atoms with Gasteiger partial charge in [-0.2, -0.15) is 5.10 Å². The first-order valence-electron chi connectivity index (χ1n) is 11.7. The third kappa shape index (κ3) is 4.55. The Bertz CT molecular complexity index is 1070. The summed E-state index contributed by atoms with van der Waals surface area (Å²) < 4.78 is 15.6. The molecule has 0 radical (unpaired) electrons. The molecule has 0 amide bonds. The number of pyridine rings is 1. The van der Waals surface area contributed by atoms with Crippen LogP contribution in [0.15, 0.2) is 36.8 Å². The standard InChI is InChI=1S/C24H31FN8/c1-18-21(19(2)33(29-18)22-5-3-4-8-26-22)17-30-13-15-32(16-14-30)24-23(27-9-10-28-24)31-11-6-20(25)7-12-31/h3-5,8-10,20H,6-7,11-17H2,1-2H3. The predicted molar refractivity (Wildman–Crippen MR) is 127 cm³/mol. The molecule has 0 unspecified atom stereocenters. The molecule has 9 heteroatoms. The van der Waals surface area contributed by atoms with E-state index in [1.165, 1.54) is 5.56 Å². The lowest BCUT2D eigenvalue weighted by Gasteiger charge is -2.38. The molecule has 0 aliphatic carbocycles. The van der Waals surface area contributed by atoms with Crippen LogP contribution in [0.5, 0.6) is 0 Å². The number of rotatable bonds is 5. The van der Waals surface area contributed by atoms with E-state index in [1.54, 1.807) is 18.6 Å². The molecule has 2 fully saturated rings. The van der Waals surface area contributed by atoms with Crippen LogP contribution in [0.4, 0.5) is 16.0 Å². The van der Waals surface area contributed by atoms with Crippen LogP contribution in [0.3, 0.4) is 0 Å². The van der Waals surface area contributed by atoms with E-state index < -0.39 is 6.17 Å². The summed E-state index contributed by atoms with van der Waals surface area (Å²) in [5.41, 5.74) is 3.46. The number of piperazine rings is 1. The van der Waals surface area contributed by atoms with E-state index in [-0.39, 0.29) is 0 Å². The van der Waals surface area contributed by atoms with Gasteiger partial charge < -0.3 is 9.80 Å². The first-order valence-corrected chi connectivity index (χ1v) is 11.7. The fraction of sp³-hybridized carbons (Fsp3) is 0.500. The van der Waals surface area contributed by atoms with Crippen molar-refractivity contribution in [3.63, 3.8) is 0 Å². The minimum atomic E-state index is -0.696. The highest BCUT2D eigenvalue weighted by molar-refractivity contribution is 5.62. The van der Waals surface area contributed by atoms with Gasteiger partial charge in [-0.15, -0.1) is 0 Å². The van der Waals surface area contributed by atoms with E-state index in [4.69, 9.17) is 5.10 Å². The minimum absolute atomic E-state index is 0.564. The van der Waals surface area contributed by atoms with Gasteiger partial charge in [-0.25, -0.2) is 24.0 Å². The number of aromatic nitrogens is 5. The molecule has 0 N–H and O–H groups in total. The van der Waals surface area contributed by atoms with Crippen LogP contribution in [0.1, 0.15) is 29.8 Å². The summed E-state index contributed by atoms with van der Waals surface area (Å²) in [6.07, 6.45) is 5.72. The third-order valence-electron chi connectivity index (χ3n) is 6.75. The second kappa shape index (κ2) is 9.43. The smallest absolute Gasteiger partial charge is 0.172 e. The molecule has 2 aliphatic rings. The maximum Gasteiger partial charge on any atom is 0.172 e. The van der Waals surface area contributed by atoms with Crippen molar-refractivity contribution in [2.75, 3.05) is 49.1 Å². The van der Waals surface area contributed by atoms with Crippen molar-refractivity contribution in [1.82, 2.24) is 29.6 Å². The number of halogens is 1. The third-order valence-corrected chi connectivity index (χ3v) is 6.75. The molecule has 0 bridgehead atoms. The molecular weight excluding hydrogens is 419 g/mol. The molecule has 3 aromatic rings. The van der Waals surface area contributed by atoms with Crippen LogP contribution in [0.2, 0.25) is 0 Å². The molecule has 0 spiro atoms. The molecular formula is C24H31FN8. The van der Waals surface area contributed by atoms with E-state index >= 15 is 0 Å². The van der Waals surface area contributed by atoms with Gasteiger partial charge in [-0.1, -0.05) is 6.07 Å². The Labute approximate surface area is 194 Å². The number of nitrogens with zero attached hydrogens (tertiary/aromatic N) is 8. The molecule has 8 nitrogen and oxygen atoms in total. The fourth-order valence-corrected chi connectivity index (χ4v) is 4.78. The van der Waals surface area contributed by atoms with Gasteiger partial charge in [0.1, 0.15) is 6.17 Å². The lowest BCUT2D eigenvalue weighted by atomic mass is 10.1. The van der Waals surface area contributed by atoms with Gasteiger partial charge in [0, 0.05) is 75.7 Å². The van der Waals surface area contributed by atoms with Crippen LogP contribution in [-0.4, -0.2) is 75.1 Å². The number of aryl methyl sites for hydroxylation is 1. The normalized spacial score (nSPS) is 18.2. The van der Waals surface area contributed by atoms with E-state index in [2.05, 4.69) is 43.5 Å². The van der Waals surface area contributed by atoms with E-state index in [0.29, 0.717) is 25.9 Å². The summed E-state index contributed by atoms with van der Waals surface area (Å²) in [6.45, 7) is 10.1. The molecule has 5 heterocycles. The maximum absolute atomic E-state index is 13.6. The van der Waals surface area contributed by atoms with Crippen molar-refractivity contribution in [2.24, 2.45) is 0 Å². The Balaban J connectivity index is 1.25. The number of alkyl halides is 1.